The monoisotopic (exact) mass is 243 g/mol. The van der Waals surface area contributed by atoms with Crippen LogP contribution >= 0.6 is 0 Å². The van der Waals surface area contributed by atoms with Gasteiger partial charge in [-0.15, -0.1) is 0 Å². The zero-order valence-electron chi connectivity index (χ0n) is 11.0. The molecule has 0 unspecified atom stereocenters. The molecule has 0 bridgehead atoms. The molecule has 0 radical (unpaired) electrons. The number of nitrogens with one attached hydrogen (secondary N) is 2. The zero-order chi connectivity index (χ0) is 12.5. The molecule has 0 aliphatic carbocycles. The number of hydrogen-bond donors (Lipinski definition) is 2. The van der Waals surface area contributed by atoms with E-state index in [4.69, 9.17) is 4.74 Å². The molecule has 1 heterocycles. The third-order valence-corrected chi connectivity index (χ3v) is 3.17. The number of piperidine rings is 1. The lowest BCUT2D eigenvalue weighted by Gasteiger charge is -2.32. The molecule has 100 valence electrons. The molecule has 2 N–H and O–H groups in total. The molecular formula is C12H25N3O2. The smallest absolute Gasteiger partial charge is 0.221 e. The van der Waals surface area contributed by atoms with Gasteiger partial charge in [0.15, 0.2) is 0 Å². The SMILES string of the molecule is CNCCC(=O)NC1CCN(CCOC)CC1. The summed E-state index contributed by atoms with van der Waals surface area (Å²) in [5, 5.41) is 6.08. The van der Waals surface area contributed by atoms with E-state index < -0.39 is 0 Å². The first-order chi connectivity index (χ1) is 8.26. The van der Waals surface area contributed by atoms with Crippen molar-refractivity contribution in [3.63, 3.8) is 0 Å². The number of carbonyl (C=O) groups is 1. The molecule has 17 heavy (non-hydrogen) atoms. The van der Waals surface area contributed by atoms with Crippen molar-refractivity contribution < 1.29 is 9.53 Å². The number of hydrogen-bond acceptors (Lipinski definition) is 4. The summed E-state index contributed by atoms with van der Waals surface area (Å²) in [5.74, 6) is 0.162. The Morgan fingerprint density at radius 3 is 2.71 bits per heavy atom. The third-order valence-electron chi connectivity index (χ3n) is 3.17. The summed E-state index contributed by atoms with van der Waals surface area (Å²) in [6, 6.07) is 0.359. The molecule has 0 spiro atoms. The van der Waals surface area contributed by atoms with Crippen molar-refractivity contribution >= 4 is 5.91 Å². The van der Waals surface area contributed by atoms with Crippen LogP contribution in [0.25, 0.3) is 0 Å². The van der Waals surface area contributed by atoms with E-state index in [1.165, 1.54) is 0 Å². The minimum Gasteiger partial charge on any atom is -0.383 e. The maximum Gasteiger partial charge on any atom is 0.221 e. The Hall–Kier alpha value is -0.650. The predicted molar refractivity (Wildman–Crippen MR) is 68.0 cm³/mol. The molecule has 5 nitrogen and oxygen atoms in total. The summed E-state index contributed by atoms with van der Waals surface area (Å²) in [7, 11) is 3.59. The van der Waals surface area contributed by atoms with Crippen LogP contribution in [0.1, 0.15) is 19.3 Å². The first-order valence-corrected chi connectivity index (χ1v) is 6.41. The molecule has 5 heteroatoms. The minimum absolute atomic E-state index is 0.162. The van der Waals surface area contributed by atoms with Crippen molar-refractivity contribution in [3.8, 4) is 0 Å². The highest BCUT2D eigenvalue weighted by molar-refractivity contribution is 5.76. The number of methoxy groups -OCH3 is 1. The topological polar surface area (TPSA) is 53.6 Å². The van der Waals surface area contributed by atoms with Crippen molar-refractivity contribution in [1.82, 2.24) is 15.5 Å². The van der Waals surface area contributed by atoms with E-state index in [1.54, 1.807) is 7.11 Å². The van der Waals surface area contributed by atoms with Crippen molar-refractivity contribution in [2.24, 2.45) is 0 Å². The van der Waals surface area contributed by atoms with E-state index in [9.17, 15) is 4.79 Å². The van der Waals surface area contributed by atoms with Gasteiger partial charge in [-0.3, -0.25) is 4.79 Å². The molecular weight excluding hydrogens is 218 g/mol. The largest absolute Gasteiger partial charge is 0.383 e. The number of likely N-dealkylation sites (tertiary alicyclic amines) is 1. The molecule has 1 fully saturated rings. The molecule has 1 aliphatic rings. The van der Waals surface area contributed by atoms with Gasteiger partial charge in [0.25, 0.3) is 0 Å². The number of ether oxygens (including phenoxy) is 1. The van der Waals surface area contributed by atoms with Gasteiger partial charge in [-0.05, 0) is 19.9 Å². The number of carbonyl (C=O) groups excluding carboxylic acids is 1. The van der Waals surface area contributed by atoms with Gasteiger partial charge in [0.2, 0.25) is 5.91 Å². The fourth-order valence-corrected chi connectivity index (χ4v) is 2.06. The van der Waals surface area contributed by atoms with E-state index in [2.05, 4.69) is 15.5 Å². The summed E-state index contributed by atoms with van der Waals surface area (Å²) in [5.41, 5.74) is 0. The van der Waals surface area contributed by atoms with Crippen molar-refractivity contribution in [3.05, 3.63) is 0 Å². The normalized spacial score (nSPS) is 18.2. The number of rotatable bonds is 7. The van der Waals surface area contributed by atoms with Crippen LogP contribution in [-0.4, -0.2) is 63.8 Å². The molecule has 0 saturated carbocycles. The van der Waals surface area contributed by atoms with E-state index >= 15 is 0 Å². The Bertz CT molecular complexity index is 216. The second-order valence-electron chi connectivity index (χ2n) is 4.53. The van der Waals surface area contributed by atoms with Gasteiger partial charge < -0.3 is 20.3 Å². The van der Waals surface area contributed by atoms with Crippen LogP contribution < -0.4 is 10.6 Å². The fraction of sp³-hybridized carbons (Fsp3) is 0.917. The van der Waals surface area contributed by atoms with Crippen molar-refractivity contribution in [1.29, 1.82) is 0 Å². The standard InChI is InChI=1S/C12H25N3O2/c1-13-6-3-12(16)14-11-4-7-15(8-5-11)9-10-17-2/h11,13H,3-10H2,1-2H3,(H,14,16). The fourth-order valence-electron chi connectivity index (χ4n) is 2.06. The Labute approximate surface area is 104 Å². The molecule has 1 amide bonds. The Balaban J connectivity index is 2.12. The quantitative estimate of drug-likeness (QED) is 0.651. The minimum atomic E-state index is 0.162. The Kier molecular flexibility index (Phi) is 7.16. The van der Waals surface area contributed by atoms with Crippen LogP contribution in [0.2, 0.25) is 0 Å². The van der Waals surface area contributed by atoms with Crippen molar-refractivity contribution in [2.45, 2.75) is 25.3 Å². The molecule has 1 aliphatic heterocycles. The van der Waals surface area contributed by atoms with E-state index in [0.29, 0.717) is 12.5 Å². The van der Waals surface area contributed by atoms with Gasteiger partial charge in [0.1, 0.15) is 0 Å². The van der Waals surface area contributed by atoms with E-state index in [1.807, 2.05) is 7.05 Å². The lowest BCUT2D eigenvalue weighted by Crippen LogP contribution is -2.45. The Morgan fingerprint density at radius 1 is 1.41 bits per heavy atom. The average Bonchev–Trinajstić information content (AvgIpc) is 2.35. The maximum absolute atomic E-state index is 11.5. The average molecular weight is 243 g/mol. The predicted octanol–water partition coefficient (Wildman–Crippen LogP) is -0.177. The third kappa shape index (κ3) is 6.00. The van der Waals surface area contributed by atoms with Gasteiger partial charge >= 0.3 is 0 Å². The molecule has 1 saturated heterocycles. The van der Waals surface area contributed by atoms with Crippen LogP contribution in [-0.2, 0) is 9.53 Å². The van der Waals surface area contributed by atoms with Gasteiger partial charge in [0, 0.05) is 45.8 Å². The summed E-state index contributed by atoms with van der Waals surface area (Å²) < 4.78 is 5.06. The van der Waals surface area contributed by atoms with Crippen LogP contribution in [0.4, 0.5) is 0 Å². The van der Waals surface area contributed by atoms with Gasteiger partial charge in [-0.2, -0.15) is 0 Å². The summed E-state index contributed by atoms with van der Waals surface area (Å²) in [6.45, 7) is 4.65. The van der Waals surface area contributed by atoms with Gasteiger partial charge in [-0.25, -0.2) is 0 Å². The van der Waals surface area contributed by atoms with Crippen LogP contribution in [0.15, 0.2) is 0 Å². The number of nitrogens with zero attached hydrogens (tertiary/aromatic N) is 1. The molecule has 1 rings (SSSR count). The van der Waals surface area contributed by atoms with Gasteiger partial charge in [0.05, 0.1) is 6.61 Å². The van der Waals surface area contributed by atoms with E-state index in [0.717, 1.165) is 45.6 Å². The maximum atomic E-state index is 11.5. The lowest BCUT2D eigenvalue weighted by molar-refractivity contribution is -0.122. The molecule has 0 aromatic carbocycles. The van der Waals surface area contributed by atoms with E-state index in [-0.39, 0.29) is 5.91 Å². The second kappa shape index (κ2) is 8.44. The van der Waals surface area contributed by atoms with Crippen LogP contribution in [0.3, 0.4) is 0 Å². The first-order valence-electron chi connectivity index (χ1n) is 6.41. The highest BCUT2D eigenvalue weighted by Gasteiger charge is 2.19. The summed E-state index contributed by atoms with van der Waals surface area (Å²) in [4.78, 5) is 13.9. The first kappa shape index (κ1) is 14.4. The lowest BCUT2D eigenvalue weighted by atomic mass is 10.0. The highest BCUT2D eigenvalue weighted by atomic mass is 16.5. The van der Waals surface area contributed by atoms with Crippen molar-refractivity contribution in [2.75, 3.05) is 46.9 Å². The summed E-state index contributed by atoms with van der Waals surface area (Å²) in [6.07, 6.45) is 2.67. The molecule has 0 atom stereocenters. The highest BCUT2D eigenvalue weighted by Crippen LogP contribution is 2.09. The number of amides is 1. The van der Waals surface area contributed by atoms with Crippen LogP contribution in [0.5, 0.6) is 0 Å². The molecule has 0 aromatic heterocycles. The van der Waals surface area contributed by atoms with Crippen LogP contribution in [0, 0.1) is 0 Å². The van der Waals surface area contributed by atoms with Gasteiger partial charge in [-0.1, -0.05) is 0 Å². The zero-order valence-corrected chi connectivity index (χ0v) is 11.0. The second-order valence-corrected chi connectivity index (χ2v) is 4.53. The molecule has 0 aromatic rings. The Morgan fingerprint density at radius 2 is 2.12 bits per heavy atom. The summed E-state index contributed by atoms with van der Waals surface area (Å²) >= 11 is 0.